The van der Waals surface area contributed by atoms with Gasteiger partial charge in [0.25, 0.3) is 0 Å². The van der Waals surface area contributed by atoms with E-state index >= 15 is 0 Å². The lowest BCUT2D eigenvalue weighted by molar-refractivity contribution is -0.139. The highest BCUT2D eigenvalue weighted by molar-refractivity contribution is 5.89. The fourth-order valence-corrected chi connectivity index (χ4v) is 3.40. The van der Waals surface area contributed by atoms with Crippen molar-refractivity contribution in [2.24, 2.45) is 0 Å². The highest BCUT2D eigenvalue weighted by atomic mass is 16.5. The van der Waals surface area contributed by atoms with Gasteiger partial charge in [-0.1, -0.05) is 12.1 Å². The maximum absolute atomic E-state index is 12.4. The third-order valence-corrected chi connectivity index (χ3v) is 4.67. The number of piperidine rings is 1. The van der Waals surface area contributed by atoms with Crippen molar-refractivity contribution in [1.29, 1.82) is 0 Å². The number of amides is 1. The molecule has 0 unspecified atom stereocenters. The van der Waals surface area contributed by atoms with Gasteiger partial charge < -0.3 is 14.7 Å². The summed E-state index contributed by atoms with van der Waals surface area (Å²) in [6.45, 7) is 2.57. The van der Waals surface area contributed by atoms with Crippen molar-refractivity contribution < 1.29 is 19.4 Å². The number of aryl methyl sites for hydroxylation is 1. The average molecular weight is 369 g/mol. The predicted octanol–water partition coefficient (Wildman–Crippen LogP) is 2.85. The summed E-state index contributed by atoms with van der Waals surface area (Å²) < 4.78 is 5.01. The van der Waals surface area contributed by atoms with E-state index in [4.69, 9.17) is 4.74 Å². The van der Waals surface area contributed by atoms with Crippen LogP contribution in [0.4, 0.5) is 0 Å². The van der Waals surface area contributed by atoms with Gasteiger partial charge in [-0.3, -0.25) is 4.79 Å². The summed E-state index contributed by atoms with van der Waals surface area (Å²) in [4.78, 5) is 34.7. The van der Waals surface area contributed by atoms with E-state index in [0.29, 0.717) is 23.6 Å². The molecule has 1 aromatic carbocycles. The zero-order chi connectivity index (χ0) is 19.4. The van der Waals surface area contributed by atoms with Crippen molar-refractivity contribution in [1.82, 2.24) is 14.9 Å². The number of methoxy groups -OCH3 is 1. The number of aromatic nitrogens is 2. The SMILES string of the molecule is COCC(=O)N1CCCC[C@@H]1c1nc(C)cc(-c2cccc(C(=O)O)c2)n1. The summed E-state index contributed by atoms with van der Waals surface area (Å²) in [6.07, 6.45) is 2.75. The number of ether oxygens (including phenoxy) is 1. The Labute approximate surface area is 158 Å². The molecule has 1 atom stereocenters. The van der Waals surface area contributed by atoms with E-state index in [9.17, 15) is 14.7 Å². The number of carboxylic acids is 1. The molecule has 1 saturated heterocycles. The molecule has 2 heterocycles. The van der Waals surface area contributed by atoms with Gasteiger partial charge in [-0.05, 0) is 44.4 Å². The molecule has 142 valence electrons. The van der Waals surface area contributed by atoms with Crippen LogP contribution in [0.2, 0.25) is 0 Å². The third-order valence-electron chi connectivity index (χ3n) is 4.67. The fourth-order valence-electron chi connectivity index (χ4n) is 3.40. The lowest BCUT2D eigenvalue weighted by Crippen LogP contribution is -2.41. The van der Waals surface area contributed by atoms with E-state index in [1.54, 1.807) is 23.1 Å². The first-order chi connectivity index (χ1) is 13.0. The van der Waals surface area contributed by atoms with Crippen LogP contribution in [0.5, 0.6) is 0 Å². The molecule has 0 spiro atoms. The molecule has 0 aliphatic carbocycles. The van der Waals surface area contributed by atoms with Crippen molar-refractivity contribution in [3.05, 3.63) is 47.4 Å². The number of hydrogen-bond acceptors (Lipinski definition) is 5. The minimum absolute atomic E-state index is 0.0375. The van der Waals surface area contributed by atoms with Gasteiger partial charge >= 0.3 is 5.97 Å². The van der Waals surface area contributed by atoms with E-state index in [2.05, 4.69) is 9.97 Å². The predicted molar refractivity (Wildman–Crippen MR) is 99.3 cm³/mol. The summed E-state index contributed by atoms with van der Waals surface area (Å²) in [7, 11) is 1.51. The molecular formula is C20H23N3O4. The number of carbonyl (C=O) groups is 2. The molecule has 7 nitrogen and oxygen atoms in total. The largest absolute Gasteiger partial charge is 0.478 e. The van der Waals surface area contributed by atoms with Gasteiger partial charge in [0.15, 0.2) is 5.82 Å². The van der Waals surface area contributed by atoms with Gasteiger partial charge in [0.05, 0.1) is 17.3 Å². The third kappa shape index (κ3) is 4.31. The van der Waals surface area contributed by atoms with Gasteiger partial charge in [0.2, 0.25) is 5.91 Å². The van der Waals surface area contributed by atoms with E-state index in [0.717, 1.165) is 25.0 Å². The summed E-state index contributed by atoms with van der Waals surface area (Å²) in [5, 5.41) is 9.23. The van der Waals surface area contributed by atoms with Gasteiger partial charge in [-0.25, -0.2) is 14.8 Å². The first kappa shape index (κ1) is 19.0. The van der Waals surface area contributed by atoms with E-state index in [-0.39, 0.29) is 24.1 Å². The number of carboxylic acid groups (broad SMARTS) is 1. The number of hydrogen-bond donors (Lipinski definition) is 1. The van der Waals surface area contributed by atoms with Crippen LogP contribution in [0.15, 0.2) is 30.3 Å². The van der Waals surface area contributed by atoms with Crippen molar-refractivity contribution in [3.63, 3.8) is 0 Å². The van der Waals surface area contributed by atoms with E-state index < -0.39 is 5.97 Å². The van der Waals surface area contributed by atoms with Crippen LogP contribution in [0, 0.1) is 6.92 Å². The van der Waals surface area contributed by atoms with Crippen molar-refractivity contribution in [2.45, 2.75) is 32.2 Å². The van der Waals surface area contributed by atoms with Crippen LogP contribution in [0.1, 0.15) is 47.2 Å². The Morgan fingerprint density at radius 1 is 1.26 bits per heavy atom. The second-order valence-corrected chi connectivity index (χ2v) is 6.67. The standard InChI is InChI=1S/C20H23N3O4/c1-13-10-16(14-6-5-7-15(11-14)20(25)26)22-19(21-13)17-8-3-4-9-23(17)18(24)12-27-2/h5-7,10-11,17H,3-4,8-9,12H2,1-2H3,(H,25,26)/t17-/m1/s1. The number of rotatable bonds is 5. The first-order valence-electron chi connectivity index (χ1n) is 8.97. The molecular weight excluding hydrogens is 346 g/mol. The average Bonchev–Trinajstić information content (AvgIpc) is 2.68. The van der Waals surface area contributed by atoms with Gasteiger partial charge in [-0.2, -0.15) is 0 Å². The lowest BCUT2D eigenvalue weighted by Gasteiger charge is -2.34. The maximum Gasteiger partial charge on any atom is 0.335 e. The van der Waals surface area contributed by atoms with Gasteiger partial charge in [0.1, 0.15) is 6.61 Å². The summed E-state index contributed by atoms with van der Waals surface area (Å²) >= 11 is 0. The molecule has 0 bridgehead atoms. The number of benzene rings is 1. The molecule has 1 amide bonds. The molecule has 1 aliphatic rings. The van der Waals surface area contributed by atoms with Crippen LogP contribution in [-0.2, 0) is 9.53 Å². The van der Waals surface area contributed by atoms with Crippen LogP contribution in [0.3, 0.4) is 0 Å². The van der Waals surface area contributed by atoms with Crippen molar-refractivity contribution in [3.8, 4) is 11.3 Å². The Kier molecular flexibility index (Phi) is 5.81. The van der Waals surface area contributed by atoms with E-state index in [1.807, 2.05) is 19.1 Å². The molecule has 0 radical (unpaired) electrons. The summed E-state index contributed by atoms with van der Waals surface area (Å²) in [5.74, 6) is -0.455. The molecule has 1 aliphatic heterocycles. The Hall–Kier alpha value is -2.80. The minimum Gasteiger partial charge on any atom is -0.478 e. The van der Waals surface area contributed by atoms with Crippen LogP contribution in [-0.4, -0.2) is 52.1 Å². The van der Waals surface area contributed by atoms with Crippen molar-refractivity contribution >= 4 is 11.9 Å². The summed E-state index contributed by atoms with van der Waals surface area (Å²) in [5.41, 5.74) is 2.36. The van der Waals surface area contributed by atoms with Gasteiger partial charge in [0, 0.05) is 24.9 Å². The number of carbonyl (C=O) groups excluding carboxylic acids is 1. The molecule has 27 heavy (non-hydrogen) atoms. The zero-order valence-electron chi connectivity index (χ0n) is 15.5. The molecule has 0 saturated carbocycles. The zero-order valence-corrected chi connectivity index (χ0v) is 15.5. The minimum atomic E-state index is -0.980. The smallest absolute Gasteiger partial charge is 0.335 e. The molecule has 1 fully saturated rings. The lowest BCUT2D eigenvalue weighted by atomic mass is 10.0. The Morgan fingerprint density at radius 3 is 2.81 bits per heavy atom. The van der Waals surface area contributed by atoms with Crippen LogP contribution >= 0.6 is 0 Å². The molecule has 2 aromatic rings. The topological polar surface area (TPSA) is 92.6 Å². The van der Waals surface area contributed by atoms with E-state index in [1.165, 1.54) is 7.11 Å². The Balaban J connectivity index is 1.98. The second-order valence-electron chi connectivity index (χ2n) is 6.67. The fraction of sp³-hybridized carbons (Fsp3) is 0.400. The monoisotopic (exact) mass is 369 g/mol. The summed E-state index contributed by atoms with van der Waals surface area (Å²) in [6, 6.07) is 8.31. The molecule has 3 rings (SSSR count). The first-order valence-corrected chi connectivity index (χ1v) is 8.97. The van der Waals surface area contributed by atoms with Crippen LogP contribution in [0.25, 0.3) is 11.3 Å². The number of aromatic carboxylic acids is 1. The number of likely N-dealkylation sites (tertiary alicyclic amines) is 1. The normalized spacial score (nSPS) is 17.0. The second kappa shape index (κ2) is 8.26. The number of nitrogens with zero attached hydrogens (tertiary/aromatic N) is 3. The highest BCUT2D eigenvalue weighted by Crippen LogP contribution is 2.30. The molecule has 1 N–H and O–H groups in total. The van der Waals surface area contributed by atoms with Crippen molar-refractivity contribution in [2.75, 3.05) is 20.3 Å². The molecule has 1 aromatic heterocycles. The maximum atomic E-state index is 12.4. The highest BCUT2D eigenvalue weighted by Gasteiger charge is 2.30. The molecule has 7 heteroatoms. The Bertz CT molecular complexity index is 853. The quantitative estimate of drug-likeness (QED) is 0.871. The Morgan fingerprint density at radius 2 is 2.07 bits per heavy atom. The van der Waals surface area contributed by atoms with Gasteiger partial charge in [-0.15, -0.1) is 0 Å². The van der Waals surface area contributed by atoms with Crippen LogP contribution < -0.4 is 0 Å².